The van der Waals surface area contributed by atoms with Crippen LogP contribution in [-0.2, 0) is 24.3 Å². The third kappa shape index (κ3) is 4.37. The Morgan fingerprint density at radius 3 is 2.50 bits per heavy atom. The number of benzene rings is 1. The molecule has 2 unspecified atom stereocenters. The zero-order chi connectivity index (χ0) is 20.3. The molecule has 2 heterocycles. The Morgan fingerprint density at radius 1 is 1.25 bits per heavy atom. The number of nitrogens with zero attached hydrogens (tertiary/aromatic N) is 2. The summed E-state index contributed by atoms with van der Waals surface area (Å²) in [5.74, 6) is -0.729. The predicted molar refractivity (Wildman–Crippen MR) is 104 cm³/mol. The highest BCUT2D eigenvalue weighted by Gasteiger charge is 2.36. The number of amides is 2. The highest BCUT2D eigenvalue weighted by Crippen LogP contribution is 2.24. The van der Waals surface area contributed by atoms with E-state index in [1.54, 1.807) is 24.1 Å². The Kier molecular flexibility index (Phi) is 6.36. The van der Waals surface area contributed by atoms with E-state index in [1.165, 1.54) is 16.4 Å². The van der Waals surface area contributed by atoms with Crippen molar-refractivity contribution in [2.75, 3.05) is 38.7 Å². The summed E-state index contributed by atoms with van der Waals surface area (Å²) in [6, 6.07) is 6.11. The number of sulfonamides is 1. The molecule has 2 fully saturated rings. The SMILES string of the molecule is COCC(C)N1CC(C(=O)Nc2ccc(S(=O)(=O)N3CCCC3)cc2)CC1=O. The maximum atomic E-state index is 12.6. The summed E-state index contributed by atoms with van der Waals surface area (Å²) in [6.45, 7) is 3.77. The molecule has 3 rings (SSSR count). The molecule has 2 atom stereocenters. The van der Waals surface area contributed by atoms with Gasteiger partial charge < -0.3 is 15.0 Å². The minimum atomic E-state index is -3.47. The lowest BCUT2D eigenvalue weighted by Gasteiger charge is -2.23. The fraction of sp³-hybridized carbons (Fsp3) is 0.579. The molecule has 0 spiro atoms. The largest absolute Gasteiger partial charge is 0.383 e. The van der Waals surface area contributed by atoms with Crippen LogP contribution in [0, 0.1) is 5.92 Å². The van der Waals surface area contributed by atoms with Crippen molar-refractivity contribution in [1.29, 1.82) is 0 Å². The molecule has 0 radical (unpaired) electrons. The highest BCUT2D eigenvalue weighted by atomic mass is 32.2. The molecule has 2 aliphatic rings. The topological polar surface area (TPSA) is 96.0 Å². The van der Waals surface area contributed by atoms with E-state index in [-0.39, 0.29) is 29.2 Å². The molecule has 28 heavy (non-hydrogen) atoms. The maximum Gasteiger partial charge on any atom is 0.243 e. The number of rotatable bonds is 7. The summed E-state index contributed by atoms with van der Waals surface area (Å²) in [5.41, 5.74) is 0.515. The van der Waals surface area contributed by atoms with Crippen molar-refractivity contribution < 1.29 is 22.7 Å². The van der Waals surface area contributed by atoms with Crippen LogP contribution in [0.1, 0.15) is 26.2 Å². The van der Waals surface area contributed by atoms with E-state index in [0.717, 1.165) is 12.8 Å². The van der Waals surface area contributed by atoms with Crippen LogP contribution < -0.4 is 5.32 Å². The Hall–Kier alpha value is -1.97. The van der Waals surface area contributed by atoms with Crippen LogP contribution in [0.2, 0.25) is 0 Å². The molecule has 2 amide bonds. The second-order valence-corrected chi connectivity index (χ2v) is 9.31. The lowest BCUT2D eigenvalue weighted by atomic mass is 10.1. The van der Waals surface area contributed by atoms with Gasteiger partial charge in [-0.15, -0.1) is 0 Å². The second-order valence-electron chi connectivity index (χ2n) is 7.38. The van der Waals surface area contributed by atoms with Gasteiger partial charge in [-0.05, 0) is 44.0 Å². The first-order valence-corrected chi connectivity index (χ1v) is 11.0. The van der Waals surface area contributed by atoms with Crippen molar-refractivity contribution in [3.05, 3.63) is 24.3 Å². The van der Waals surface area contributed by atoms with Crippen LogP contribution in [0.4, 0.5) is 5.69 Å². The zero-order valence-electron chi connectivity index (χ0n) is 16.3. The number of ether oxygens (including phenoxy) is 1. The second kappa shape index (κ2) is 8.59. The van der Waals surface area contributed by atoms with Crippen LogP contribution in [-0.4, -0.2) is 68.8 Å². The smallest absolute Gasteiger partial charge is 0.243 e. The van der Waals surface area contributed by atoms with Gasteiger partial charge in [-0.1, -0.05) is 0 Å². The molecule has 1 aromatic rings. The molecule has 1 aromatic carbocycles. The number of carbonyl (C=O) groups excluding carboxylic acids is 2. The summed E-state index contributed by atoms with van der Waals surface area (Å²) >= 11 is 0. The fourth-order valence-electron chi connectivity index (χ4n) is 3.70. The number of anilines is 1. The maximum absolute atomic E-state index is 12.6. The van der Waals surface area contributed by atoms with E-state index in [2.05, 4.69) is 5.32 Å². The predicted octanol–water partition coefficient (Wildman–Crippen LogP) is 1.29. The van der Waals surface area contributed by atoms with Gasteiger partial charge in [0.05, 0.1) is 23.5 Å². The molecule has 2 aliphatic heterocycles. The number of carbonyl (C=O) groups is 2. The van der Waals surface area contributed by atoms with E-state index >= 15 is 0 Å². The molecule has 0 aliphatic carbocycles. The molecule has 0 saturated carbocycles. The monoisotopic (exact) mass is 409 g/mol. The van der Waals surface area contributed by atoms with Crippen molar-refractivity contribution in [1.82, 2.24) is 9.21 Å². The lowest BCUT2D eigenvalue weighted by Crippen LogP contribution is -2.38. The van der Waals surface area contributed by atoms with Crippen LogP contribution in [0.3, 0.4) is 0 Å². The zero-order valence-corrected chi connectivity index (χ0v) is 17.1. The molecule has 8 nitrogen and oxygen atoms in total. The first-order chi connectivity index (χ1) is 13.3. The van der Waals surface area contributed by atoms with Crippen LogP contribution in [0.15, 0.2) is 29.2 Å². The Labute approximate surface area is 165 Å². The summed E-state index contributed by atoms with van der Waals surface area (Å²) in [5, 5.41) is 2.79. The van der Waals surface area contributed by atoms with E-state index in [1.807, 2.05) is 6.92 Å². The number of likely N-dealkylation sites (tertiary alicyclic amines) is 1. The van der Waals surface area contributed by atoms with Gasteiger partial charge in [-0.3, -0.25) is 9.59 Å². The van der Waals surface area contributed by atoms with Crippen LogP contribution in [0.5, 0.6) is 0 Å². The summed E-state index contributed by atoms with van der Waals surface area (Å²) in [7, 11) is -1.89. The summed E-state index contributed by atoms with van der Waals surface area (Å²) < 4.78 is 31.7. The van der Waals surface area contributed by atoms with Crippen molar-refractivity contribution in [3.8, 4) is 0 Å². The van der Waals surface area contributed by atoms with Crippen LogP contribution >= 0.6 is 0 Å². The van der Waals surface area contributed by atoms with E-state index in [0.29, 0.717) is 31.9 Å². The Balaban J connectivity index is 1.61. The first kappa shape index (κ1) is 20.8. The Bertz CT molecular complexity index is 818. The van der Waals surface area contributed by atoms with E-state index in [4.69, 9.17) is 4.74 Å². The van der Waals surface area contributed by atoms with Crippen molar-refractivity contribution in [2.45, 2.75) is 37.1 Å². The first-order valence-electron chi connectivity index (χ1n) is 9.52. The third-order valence-corrected chi connectivity index (χ3v) is 7.21. The average molecular weight is 410 g/mol. The molecular formula is C19H27N3O5S. The van der Waals surface area contributed by atoms with Crippen molar-refractivity contribution in [3.63, 3.8) is 0 Å². The Morgan fingerprint density at radius 2 is 1.89 bits per heavy atom. The van der Waals surface area contributed by atoms with Gasteiger partial charge >= 0.3 is 0 Å². The molecule has 9 heteroatoms. The van der Waals surface area contributed by atoms with Gasteiger partial charge in [0.1, 0.15) is 0 Å². The summed E-state index contributed by atoms with van der Waals surface area (Å²) in [4.78, 5) is 26.6. The molecule has 0 aromatic heterocycles. The molecule has 154 valence electrons. The van der Waals surface area contributed by atoms with Gasteiger partial charge in [0.15, 0.2) is 0 Å². The van der Waals surface area contributed by atoms with Gasteiger partial charge in [0.2, 0.25) is 21.8 Å². The van der Waals surface area contributed by atoms with Crippen molar-refractivity contribution >= 4 is 27.5 Å². The minimum absolute atomic E-state index is 0.0586. The number of nitrogens with one attached hydrogen (secondary N) is 1. The third-order valence-electron chi connectivity index (χ3n) is 5.29. The lowest BCUT2D eigenvalue weighted by molar-refractivity contribution is -0.130. The standard InChI is InChI=1S/C19H27N3O5S/c1-14(13-27-2)22-12-15(11-18(22)23)19(24)20-16-5-7-17(8-6-16)28(25,26)21-9-3-4-10-21/h5-8,14-15H,3-4,9-13H2,1-2H3,(H,20,24). The molecule has 0 bridgehead atoms. The van der Waals surface area contributed by atoms with E-state index < -0.39 is 15.9 Å². The summed E-state index contributed by atoms with van der Waals surface area (Å²) in [6.07, 6.45) is 1.93. The van der Waals surface area contributed by atoms with Gasteiger partial charge in [0, 0.05) is 38.9 Å². The van der Waals surface area contributed by atoms with Gasteiger partial charge in [0.25, 0.3) is 0 Å². The van der Waals surface area contributed by atoms with Crippen molar-refractivity contribution in [2.24, 2.45) is 5.92 Å². The molecular weight excluding hydrogens is 382 g/mol. The van der Waals surface area contributed by atoms with Gasteiger partial charge in [-0.25, -0.2) is 8.42 Å². The van der Waals surface area contributed by atoms with Crippen LogP contribution in [0.25, 0.3) is 0 Å². The number of hydrogen-bond donors (Lipinski definition) is 1. The molecule has 2 saturated heterocycles. The molecule has 1 N–H and O–H groups in total. The number of methoxy groups -OCH3 is 1. The highest BCUT2D eigenvalue weighted by molar-refractivity contribution is 7.89. The van der Waals surface area contributed by atoms with E-state index in [9.17, 15) is 18.0 Å². The average Bonchev–Trinajstić information content (AvgIpc) is 3.32. The fourth-order valence-corrected chi connectivity index (χ4v) is 5.21. The number of hydrogen-bond acceptors (Lipinski definition) is 5. The van der Waals surface area contributed by atoms with Gasteiger partial charge in [-0.2, -0.15) is 4.31 Å². The normalized spacial score (nSPS) is 21.9. The quantitative estimate of drug-likeness (QED) is 0.732. The minimum Gasteiger partial charge on any atom is -0.383 e.